The van der Waals surface area contributed by atoms with Crippen LogP contribution in [0.2, 0.25) is 0 Å². The zero-order valence-corrected chi connectivity index (χ0v) is 22.4. The van der Waals surface area contributed by atoms with E-state index in [2.05, 4.69) is 10.2 Å². The molecule has 11 nitrogen and oxygen atoms in total. The van der Waals surface area contributed by atoms with Crippen LogP contribution in [0.5, 0.6) is 5.75 Å². The Labute approximate surface area is 227 Å². The monoisotopic (exact) mass is 498 g/mol. The smallest absolute Gasteiger partial charge is 0.488 e. The van der Waals surface area contributed by atoms with Gasteiger partial charge in [-0.1, -0.05) is 18.2 Å². The van der Waals surface area contributed by atoms with Crippen molar-refractivity contribution in [1.82, 2.24) is 0 Å². The van der Waals surface area contributed by atoms with Crippen LogP contribution in [0, 0.1) is 0 Å². The second-order valence-corrected chi connectivity index (χ2v) is 8.88. The zero-order valence-electron chi connectivity index (χ0n) is 16.8. The van der Waals surface area contributed by atoms with Gasteiger partial charge in [-0.25, -0.2) is 0 Å². The van der Waals surface area contributed by atoms with E-state index in [1.165, 1.54) is 30.3 Å². The normalized spacial score (nSPS) is 11.8. The average Bonchev–Trinajstić information content (AvgIpc) is 2.65. The summed E-state index contributed by atoms with van der Waals surface area (Å²) in [5, 5.41) is 36.2. The van der Waals surface area contributed by atoms with Gasteiger partial charge in [0.05, 0.1) is 10.6 Å². The second-order valence-electron chi connectivity index (χ2n) is 6.07. The van der Waals surface area contributed by atoms with Gasteiger partial charge in [0.25, 0.3) is 20.2 Å². The van der Waals surface area contributed by atoms with Crippen LogP contribution in [0.15, 0.2) is 68.6 Å². The first kappa shape index (κ1) is 29.2. The molecule has 0 aliphatic rings. The summed E-state index contributed by atoms with van der Waals surface area (Å²) in [6, 6.07) is 9.40. The molecule has 0 amide bonds. The summed E-state index contributed by atoms with van der Waals surface area (Å²) in [4.78, 5) is -1.47. The van der Waals surface area contributed by atoms with E-state index in [-0.39, 0.29) is 86.7 Å². The number of phenols is 1. The summed E-state index contributed by atoms with van der Waals surface area (Å²) in [6.07, 6.45) is 0. The largest absolute Gasteiger partial charge is 0.504 e. The first-order chi connectivity index (χ1) is 13.9. The number of nitrogens with zero attached hydrogens (tertiary/aromatic N) is 2. The fourth-order valence-corrected chi connectivity index (χ4v) is 3.74. The predicted octanol–water partition coefficient (Wildman–Crippen LogP) is 0.372. The summed E-state index contributed by atoms with van der Waals surface area (Å²) in [5.74, 6) is -0.921. The molecular weight excluding hydrogens is 485 g/mol. The van der Waals surface area contributed by atoms with Crippen molar-refractivity contribution in [2.75, 3.05) is 0 Å². The molecule has 2 radical (unpaired) electrons. The SMILES string of the molecule is O=S(=O)(O)c1ccc2c(N=Nc3ccc(B(O)O)cc3)c(O)c(S(=O)(=O)O)cc2c1.[Na].[Na]. The second kappa shape index (κ2) is 11.0. The number of fused-ring (bicyclic) bond motifs is 1. The molecule has 32 heavy (non-hydrogen) atoms. The average molecular weight is 498 g/mol. The molecule has 0 aliphatic heterocycles. The van der Waals surface area contributed by atoms with Crippen molar-refractivity contribution < 1.29 is 41.1 Å². The molecule has 0 saturated carbocycles. The number of rotatable bonds is 5. The van der Waals surface area contributed by atoms with Crippen molar-refractivity contribution in [2.24, 2.45) is 10.2 Å². The molecule has 0 bridgehead atoms. The van der Waals surface area contributed by atoms with Crippen LogP contribution in [0.3, 0.4) is 0 Å². The molecule has 16 heteroatoms. The molecule has 0 unspecified atom stereocenters. The summed E-state index contributed by atoms with van der Waals surface area (Å²) < 4.78 is 64.5. The van der Waals surface area contributed by atoms with E-state index in [4.69, 9.17) is 10.0 Å². The Bertz CT molecular complexity index is 1380. The molecule has 0 atom stereocenters. The molecule has 3 rings (SSSR count). The van der Waals surface area contributed by atoms with Crippen molar-refractivity contribution >= 4 is 114 Å². The van der Waals surface area contributed by atoms with E-state index in [0.717, 1.165) is 18.2 Å². The zero-order chi connectivity index (χ0) is 22.3. The molecule has 0 aliphatic carbocycles. The third-order valence-electron chi connectivity index (χ3n) is 4.05. The van der Waals surface area contributed by atoms with Gasteiger partial charge in [0, 0.05) is 64.5 Å². The van der Waals surface area contributed by atoms with Crippen LogP contribution >= 0.6 is 0 Å². The van der Waals surface area contributed by atoms with Crippen molar-refractivity contribution in [3.63, 3.8) is 0 Å². The van der Waals surface area contributed by atoms with Crippen LogP contribution in [0.1, 0.15) is 0 Å². The Hall–Kier alpha value is -0.875. The van der Waals surface area contributed by atoms with Gasteiger partial charge in [-0.15, -0.1) is 5.11 Å². The Balaban J connectivity index is 0.00000256. The summed E-state index contributed by atoms with van der Waals surface area (Å²) >= 11 is 0. The minimum absolute atomic E-state index is 0. The quantitative estimate of drug-likeness (QED) is 0.188. The van der Waals surface area contributed by atoms with E-state index in [0.29, 0.717) is 0 Å². The molecular formula is C16H13BN2Na2O9S2. The Morgan fingerprint density at radius 1 is 0.781 bits per heavy atom. The maximum Gasteiger partial charge on any atom is 0.488 e. The van der Waals surface area contributed by atoms with Gasteiger partial charge in [0.15, 0.2) is 5.75 Å². The maximum absolute atomic E-state index is 11.6. The topological polar surface area (TPSA) is 194 Å². The molecule has 3 aromatic carbocycles. The van der Waals surface area contributed by atoms with Crippen molar-refractivity contribution in [1.29, 1.82) is 0 Å². The van der Waals surface area contributed by atoms with Crippen molar-refractivity contribution in [2.45, 2.75) is 9.79 Å². The van der Waals surface area contributed by atoms with Gasteiger partial charge in [-0.3, -0.25) is 9.11 Å². The van der Waals surface area contributed by atoms with Gasteiger partial charge in [-0.05, 0) is 41.2 Å². The van der Waals surface area contributed by atoms with Crippen LogP contribution in [-0.4, -0.2) is 107 Å². The van der Waals surface area contributed by atoms with Gasteiger partial charge >= 0.3 is 7.12 Å². The fraction of sp³-hybridized carbons (Fsp3) is 0. The minimum Gasteiger partial charge on any atom is -0.504 e. The third kappa shape index (κ3) is 6.59. The van der Waals surface area contributed by atoms with Crippen LogP contribution in [0.4, 0.5) is 11.4 Å². The van der Waals surface area contributed by atoms with Gasteiger partial charge in [0.1, 0.15) is 10.6 Å². The Kier molecular flexibility index (Phi) is 10.1. The summed E-state index contributed by atoms with van der Waals surface area (Å²) in [6.45, 7) is 0. The molecule has 5 N–H and O–H groups in total. The predicted molar refractivity (Wildman–Crippen MR) is 117 cm³/mol. The van der Waals surface area contributed by atoms with E-state index in [1.54, 1.807) is 0 Å². The Morgan fingerprint density at radius 3 is 1.88 bits per heavy atom. The van der Waals surface area contributed by atoms with Crippen molar-refractivity contribution in [3.05, 3.63) is 48.5 Å². The molecule has 3 aromatic rings. The van der Waals surface area contributed by atoms with Crippen LogP contribution in [0.25, 0.3) is 10.8 Å². The Morgan fingerprint density at radius 2 is 1.38 bits per heavy atom. The standard InChI is InChI=1S/C16H13BN2O9S2.2Na/c20-16-14(30(26,27)28)8-9-7-12(29(23,24)25)5-6-13(9)15(16)19-18-11-3-1-10(2-4-11)17(21)22;;/h1-8,20-22H,(H,23,24,25)(H,26,27,28);;. The van der Waals surface area contributed by atoms with Crippen LogP contribution in [-0.2, 0) is 20.2 Å². The number of phenolic OH excluding ortho intramolecular Hbond substituents is 1. The number of aromatic hydroxyl groups is 1. The number of hydrogen-bond donors (Lipinski definition) is 5. The van der Waals surface area contributed by atoms with Gasteiger partial charge in [0.2, 0.25) is 0 Å². The molecule has 0 saturated heterocycles. The van der Waals surface area contributed by atoms with Crippen LogP contribution < -0.4 is 5.46 Å². The van der Waals surface area contributed by atoms with E-state index < -0.39 is 42.9 Å². The van der Waals surface area contributed by atoms with Gasteiger partial charge < -0.3 is 15.2 Å². The minimum atomic E-state index is -4.91. The maximum atomic E-state index is 11.6. The molecule has 0 fully saturated rings. The van der Waals surface area contributed by atoms with Gasteiger partial charge in [-0.2, -0.15) is 21.9 Å². The molecule has 0 aromatic heterocycles. The van der Waals surface area contributed by atoms with Crippen molar-refractivity contribution in [3.8, 4) is 5.75 Å². The number of azo groups is 1. The van der Waals surface area contributed by atoms with E-state index in [9.17, 15) is 31.0 Å². The molecule has 0 heterocycles. The first-order valence-electron chi connectivity index (χ1n) is 8.00. The fourth-order valence-electron chi connectivity index (χ4n) is 2.61. The number of hydrogen-bond acceptors (Lipinski definition) is 9. The third-order valence-corrected chi connectivity index (χ3v) is 5.77. The van der Waals surface area contributed by atoms with E-state index >= 15 is 0 Å². The summed E-state index contributed by atoms with van der Waals surface area (Å²) in [7, 11) is -11.2. The number of benzene rings is 3. The van der Waals surface area contributed by atoms with E-state index in [1.807, 2.05) is 0 Å². The molecule has 158 valence electrons. The first-order valence-corrected chi connectivity index (χ1v) is 10.9. The molecule has 0 spiro atoms. The summed E-state index contributed by atoms with van der Waals surface area (Å²) in [5.41, 5.74) is 0.0143.